The SMILES string of the molecule is N.O.O=P(O)(O)Oc1ccco1. The smallest absolute Gasteiger partial charge is 0.434 e. The molecule has 1 heterocycles. The van der Waals surface area contributed by atoms with E-state index in [2.05, 4.69) is 8.94 Å². The highest BCUT2D eigenvalue weighted by molar-refractivity contribution is 7.46. The van der Waals surface area contributed by atoms with Gasteiger partial charge in [-0.1, -0.05) is 0 Å². The van der Waals surface area contributed by atoms with E-state index in [1.165, 1.54) is 18.4 Å². The van der Waals surface area contributed by atoms with Crippen molar-refractivity contribution < 1.29 is 28.8 Å². The van der Waals surface area contributed by atoms with E-state index >= 15 is 0 Å². The second-order valence-corrected chi connectivity index (χ2v) is 2.68. The Morgan fingerprint density at radius 1 is 1.50 bits per heavy atom. The molecule has 1 rings (SSSR count). The molecule has 0 saturated heterocycles. The molecule has 12 heavy (non-hydrogen) atoms. The van der Waals surface area contributed by atoms with Gasteiger partial charge in [0.1, 0.15) is 0 Å². The minimum absolute atomic E-state index is 0. The fourth-order valence-corrected chi connectivity index (χ4v) is 0.771. The summed E-state index contributed by atoms with van der Waals surface area (Å²) in [5, 5.41) is 0. The molecule has 7 nitrogen and oxygen atoms in total. The highest BCUT2D eigenvalue weighted by Crippen LogP contribution is 2.37. The number of furan rings is 1. The summed E-state index contributed by atoms with van der Waals surface area (Å²) in [6.45, 7) is 0. The Morgan fingerprint density at radius 3 is 2.42 bits per heavy atom. The van der Waals surface area contributed by atoms with Gasteiger partial charge in [0.05, 0.1) is 6.26 Å². The quantitative estimate of drug-likeness (QED) is 0.575. The van der Waals surface area contributed by atoms with Gasteiger partial charge in [0, 0.05) is 6.07 Å². The zero-order chi connectivity index (χ0) is 7.61. The van der Waals surface area contributed by atoms with E-state index in [4.69, 9.17) is 9.79 Å². The van der Waals surface area contributed by atoms with E-state index in [-0.39, 0.29) is 17.6 Å². The van der Waals surface area contributed by atoms with Crippen LogP contribution < -0.4 is 10.7 Å². The average molecular weight is 199 g/mol. The van der Waals surface area contributed by atoms with E-state index in [0.29, 0.717) is 0 Å². The Labute approximate surface area is 68.1 Å². The molecular weight excluding hydrogens is 189 g/mol. The molecule has 7 N–H and O–H groups in total. The standard InChI is InChI=1S/C4H5O5P.H3N.H2O/c5-10(6,7)9-4-2-1-3-8-4;;/h1-3H,(H2,5,6,7);1H3;1H2. The van der Waals surface area contributed by atoms with Crippen LogP contribution in [0.2, 0.25) is 0 Å². The number of phosphoric ester groups is 1. The Kier molecular flexibility index (Phi) is 5.62. The summed E-state index contributed by atoms with van der Waals surface area (Å²) in [4.78, 5) is 16.4. The maximum atomic E-state index is 10.1. The first-order valence-electron chi connectivity index (χ1n) is 2.36. The summed E-state index contributed by atoms with van der Waals surface area (Å²) < 4.78 is 18.6. The molecule has 0 fully saturated rings. The Morgan fingerprint density at radius 2 is 2.08 bits per heavy atom. The van der Waals surface area contributed by atoms with Gasteiger partial charge in [-0.05, 0) is 6.07 Å². The van der Waals surface area contributed by atoms with Crippen LogP contribution in [0.4, 0.5) is 0 Å². The van der Waals surface area contributed by atoms with Crippen molar-refractivity contribution in [1.82, 2.24) is 6.15 Å². The molecule has 1 aromatic heterocycles. The zero-order valence-electron chi connectivity index (χ0n) is 6.01. The van der Waals surface area contributed by atoms with Gasteiger partial charge in [0.2, 0.25) is 0 Å². The van der Waals surface area contributed by atoms with Crippen molar-refractivity contribution in [1.29, 1.82) is 0 Å². The second-order valence-electron chi connectivity index (χ2n) is 1.51. The predicted octanol–water partition coefficient (Wildman–Crippen LogP) is 0.0884. The van der Waals surface area contributed by atoms with Crippen LogP contribution in [-0.2, 0) is 4.57 Å². The van der Waals surface area contributed by atoms with Crippen LogP contribution in [0.5, 0.6) is 5.95 Å². The largest absolute Gasteiger partial charge is 0.527 e. The van der Waals surface area contributed by atoms with Crippen LogP contribution in [0.1, 0.15) is 0 Å². The molecule has 0 bridgehead atoms. The van der Waals surface area contributed by atoms with Crippen LogP contribution in [0.25, 0.3) is 0 Å². The van der Waals surface area contributed by atoms with Gasteiger partial charge in [0.15, 0.2) is 0 Å². The molecule has 0 atom stereocenters. The topological polar surface area (TPSA) is 146 Å². The maximum Gasteiger partial charge on any atom is 0.527 e. The molecule has 0 aromatic carbocycles. The molecule has 0 saturated carbocycles. The van der Waals surface area contributed by atoms with Crippen LogP contribution in [-0.4, -0.2) is 15.3 Å². The Balaban J connectivity index is 0. The zero-order valence-corrected chi connectivity index (χ0v) is 6.90. The van der Waals surface area contributed by atoms with Crippen molar-refractivity contribution in [3.05, 3.63) is 18.4 Å². The summed E-state index contributed by atoms with van der Waals surface area (Å²) in [6.07, 6.45) is 1.25. The normalized spacial score (nSPS) is 9.50. The Bertz CT molecular complexity index is 240. The van der Waals surface area contributed by atoms with Crippen molar-refractivity contribution in [3.63, 3.8) is 0 Å². The molecule has 0 spiro atoms. The monoisotopic (exact) mass is 199 g/mol. The van der Waals surface area contributed by atoms with Gasteiger partial charge in [-0.25, -0.2) is 4.57 Å². The van der Waals surface area contributed by atoms with Gasteiger partial charge in [-0.2, -0.15) is 0 Å². The fraction of sp³-hybridized carbons (Fsp3) is 0. The van der Waals surface area contributed by atoms with E-state index < -0.39 is 7.82 Å². The van der Waals surface area contributed by atoms with Crippen LogP contribution >= 0.6 is 7.82 Å². The maximum absolute atomic E-state index is 10.1. The van der Waals surface area contributed by atoms with E-state index in [1.807, 2.05) is 0 Å². The van der Waals surface area contributed by atoms with E-state index in [9.17, 15) is 4.57 Å². The lowest BCUT2D eigenvalue weighted by molar-refractivity contribution is 0.255. The average Bonchev–Trinajstić information content (AvgIpc) is 2.12. The van der Waals surface area contributed by atoms with Crippen molar-refractivity contribution in [2.75, 3.05) is 0 Å². The van der Waals surface area contributed by atoms with Crippen molar-refractivity contribution in [2.45, 2.75) is 0 Å². The molecule has 0 radical (unpaired) electrons. The third-order valence-electron chi connectivity index (χ3n) is 0.704. The lowest BCUT2D eigenvalue weighted by atomic mass is 10.7. The third-order valence-corrected chi connectivity index (χ3v) is 1.12. The summed E-state index contributed by atoms with van der Waals surface area (Å²) >= 11 is 0. The second kappa shape index (κ2) is 4.91. The molecule has 1 aromatic rings. The highest BCUT2D eigenvalue weighted by atomic mass is 31.2. The van der Waals surface area contributed by atoms with Gasteiger partial charge in [-0.3, -0.25) is 9.79 Å². The first-order valence-corrected chi connectivity index (χ1v) is 3.89. The molecule has 72 valence electrons. The summed E-state index contributed by atoms with van der Waals surface area (Å²) in [5.74, 6) is -0.187. The molecular formula is C4H10NO6P. The van der Waals surface area contributed by atoms with Crippen molar-refractivity contribution in [3.8, 4) is 5.95 Å². The predicted molar refractivity (Wildman–Crippen MR) is 40.0 cm³/mol. The molecule has 0 aliphatic carbocycles. The minimum atomic E-state index is -4.45. The summed E-state index contributed by atoms with van der Waals surface area (Å²) in [6, 6.07) is 2.77. The minimum Gasteiger partial charge on any atom is -0.434 e. The van der Waals surface area contributed by atoms with Gasteiger partial charge in [-0.15, -0.1) is 0 Å². The van der Waals surface area contributed by atoms with Gasteiger partial charge >= 0.3 is 7.82 Å². The number of hydrogen-bond donors (Lipinski definition) is 3. The summed E-state index contributed by atoms with van der Waals surface area (Å²) in [7, 11) is -4.45. The lowest BCUT2D eigenvalue weighted by Crippen LogP contribution is -1.87. The fourth-order valence-electron chi connectivity index (χ4n) is 0.433. The van der Waals surface area contributed by atoms with E-state index in [0.717, 1.165) is 0 Å². The summed E-state index contributed by atoms with van der Waals surface area (Å²) in [5.41, 5.74) is 0. The number of rotatable bonds is 2. The van der Waals surface area contributed by atoms with Crippen molar-refractivity contribution in [2.24, 2.45) is 0 Å². The number of phosphoric acid groups is 1. The lowest BCUT2D eigenvalue weighted by Gasteiger charge is -2.00. The van der Waals surface area contributed by atoms with Crippen LogP contribution in [0, 0.1) is 0 Å². The molecule has 8 heteroatoms. The van der Waals surface area contributed by atoms with Gasteiger partial charge < -0.3 is 20.6 Å². The Hall–Kier alpha value is -0.850. The molecule has 0 amide bonds. The van der Waals surface area contributed by atoms with Crippen LogP contribution in [0.3, 0.4) is 0 Å². The molecule has 0 aliphatic heterocycles. The van der Waals surface area contributed by atoms with Crippen molar-refractivity contribution >= 4 is 7.82 Å². The third kappa shape index (κ3) is 4.89. The van der Waals surface area contributed by atoms with Crippen LogP contribution in [0.15, 0.2) is 22.8 Å². The van der Waals surface area contributed by atoms with E-state index in [1.54, 1.807) is 0 Å². The first-order chi connectivity index (χ1) is 4.58. The number of hydrogen-bond acceptors (Lipinski definition) is 4. The highest BCUT2D eigenvalue weighted by Gasteiger charge is 2.16. The first kappa shape index (κ1) is 13.7. The molecule has 0 unspecified atom stereocenters. The van der Waals surface area contributed by atoms with Gasteiger partial charge in [0.25, 0.3) is 5.95 Å². The molecule has 0 aliphatic rings.